The van der Waals surface area contributed by atoms with Crippen molar-refractivity contribution < 1.29 is 0 Å². The van der Waals surface area contributed by atoms with Crippen molar-refractivity contribution in [3.8, 4) is 0 Å². The molecule has 1 aromatic heterocycles. The van der Waals surface area contributed by atoms with E-state index in [1.54, 1.807) is 11.3 Å². The molecule has 0 fully saturated rings. The fourth-order valence-electron chi connectivity index (χ4n) is 1.26. The van der Waals surface area contributed by atoms with Gasteiger partial charge in [0.15, 0.2) is 0 Å². The van der Waals surface area contributed by atoms with Crippen molar-refractivity contribution in [2.75, 3.05) is 0 Å². The lowest BCUT2D eigenvalue weighted by molar-refractivity contribution is 0.930. The molecule has 2 rings (SSSR count). The Balaban J connectivity index is 2.14. The number of rotatable bonds is 3. The summed E-state index contributed by atoms with van der Waals surface area (Å²) in [6.45, 7) is 0.452. The van der Waals surface area contributed by atoms with Crippen LogP contribution in [0, 0.1) is 0 Å². The van der Waals surface area contributed by atoms with Gasteiger partial charge in [0, 0.05) is 18.0 Å². The van der Waals surface area contributed by atoms with Crippen LogP contribution in [0.25, 0.3) is 0 Å². The molecular weight excluding hydrogens is 230 g/mol. The lowest BCUT2D eigenvalue weighted by Crippen LogP contribution is -1.94. The summed E-state index contributed by atoms with van der Waals surface area (Å²) in [6.07, 6.45) is 0.762. The molecule has 0 amide bonds. The minimum Gasteiger partial charge on any atom is -0.324 e. The molecule has 0 spiro atoms. The third-order valence-corrected chi connectivity index (χ3v) is 3.11. The van der Waals surface area contributed by atoms with Gasteiger partial charge in [-0.05, 0) is 17.7 Å². The molecule has 1 aromatic carbocycles. The van der Waals surface area contributed by atoms with Crippen molar-refractivity contribution in [2.24, 2.45) is 5.73 Å². The van der Waals surface area contributed by atoms with Gasteiger partial charge in [0.05, 0.1) is 0 Å². The average Bonchev–Trinajstić information content (AvgIpc) is 2.65. The van der Waals surface area contributed by atoms with Crippen molar-refractivity contribution in [2.45, 2.75) is 13.0 Å². The van der Waals surface area contributed by atoms with Gasteiger partial charge in [-0.1, -0.05) is 35.1 Å². The maximum Gasteiger partial charge on any atom is 0.131 e. The first-order chi connectivity index (χ1) is 7.28. The molecule has 1 heterocycles. The molecular formula is C10H10ClN3S. The number of nitrogens with zero attached hydrogens (tertiary/aromatic N) is 2. The Bertz CT molecular complexity index is 455. The monoisotopic (exact) mass is 239 g/mol. The summed E-state index contributed by atoms with van der Waals surface area (Å²) in [5, 5.41) is 10.6. The SMILES string of the molecule is NCc1nnc(Cc2cccc(Cl)c2)s1. The first-order valence-corrected chi connectivity index (χ1v) is 5.73. The molecule has 0 aliphatic heterocycles. The second kappa shape index (κ2) is 4.70. The van der Waals surface area contributed by atoms with Crippen LogP contribution in [0.15, 0.2) is 24.3 Å². The van der Waals surface area contributed by atoms with Gasteiger partial charge >= 0.3 is 0 Å². The quantitative estimate of drug-likeness (QED) is 0.894. The number of hydrogen-bond donors (Lipinski definition) is 1. The highest BCUT2D eigenvalue weighted by atomic mass is 35.5. The molecule has 2 aromatic rings. The number of nitrogens with two attached hydrogens (primary N) is 1. The molecule has 2 N–H and O–H groups in total. The van der Waals surface area contributed by atoms with Gasteiger partial charge in [0.1, 0.15) is 10.0 Å². The maximum absolute atomic E-state index is 5.89. The van der Waals surface area contributed by atoms with E-state index in [2.05, 4.69) is 10.2 Å². The van der Waals surface area contributed by atoms with Gasteiger partial charge in [-0.15, -0.1) is 10.2 Å². The molecule has 0 saturated heterocycles. The second-order valence-electron chi connectivity index (χ2n) is 3.10. The van der Waals surface area contributed by atoms with Crippen LogP contribution in [-0.2, 0) is 13.0 Å². The van der Waals surface area contributed by atoms with E-state index in [-0.39, 0.29) is 0 Å². The standard InChI is InChI=1S/C10H10ClN3S/c11-8-3-1-2-7(4-8)5-9-13-14-10(6-12)15-9/h1-4H,5-6,12H2. The van der Waals surface area contributed by atoms with Gasteiger partial charge in [-0.25, -0.2) is 0 Å². The predicted molar refractivity (Wildman–Crippen MR) is 62.1 cm³/mol. The average molecular weight is 240 g/mol. The zero-order valence-corrected chi connectivity index (χ0v) is 9.55. The lowest BCUT2D eigenvalue weighted by Gasteiger charge is -1.97. The molecule has 0 aliphatic carbocycles. The van der Waals surface area contributed by atoms with E-state index < -0.39 is 0 Å². The van der Waals surface area contributed by atoms with Crippen molar-refractivity contribution in [1.82, 2.24) is 10.2 Å². The first-order valence-electron chi connectivity index (χ1n) is 4.53. The van der Waals surface area contributed by atoms with E-state index in [1.165, 1.54) is 0 Å². The van der Waals surface area contributed by atoms with E-state index in [1.807, 2.05) is 24.3 Å². The summed E-state index contributed by atoms with van der Waals surface area (Å²) in [4.78, 5) is 0. The fraction of sp³-hybridized carbons (Fsp3) is 0.200. The van der Waals surface area contributed by atoms with Gasteiger partial charge in [-0.2, -0.15) is 0 Å². The van der Waals surface area contributed by atoms with E-state index in [0.29, 0.717) is 6.54 Å². The van der Waals surface area contributed by atoms with Gasteiger partial charge < -0.3 is 5.73 Å². The largest absolute Gasteiger partial charge is 0.324 e. The van der Waals surface area contributed by atoms with Crippen LogP contribution >= 0.6 is 22.9 Å². The van der Waals surface area contributed by atoms with Crippen molar-refractivity contribution >= 4 is 22.9 Å². The van der Waals surface area contributed by atoms with Crippen LogP contribution in [0.5, 0.6) is 0 Å². The summed E-state index contributed by atoms with van der Waals surface area (Å²) in [5.41, 5.74) is 6.61. The number of benzene rings is 1. The molecule has 0 unspecified atom stereocenters. The molecule has 5 heteroatoms. The van der Waals surface area contributed by atoms with E-state index in [9.17, 15) is 0 Å². The van der Waals surface area contributed by atoms with Crippen LogP contribution < -0.4 is 5.73 Å². The van der Waals surface area contributed by atoms with Crippen LogP contribution in [0.4, 0.5) is 0 Å². The van der Waals surface area contributed by atoms with Crippen LogP contribution in [0.2, 0.25) is 5.02 Å². The number of aromatic nitrogens is 2. The highest BCUT2D eigenvalue weighted by Crippen LogP contribution is 2.17. The van der Waals surface area contributed by atoms with E-state index in [4.69, 9.17) is 17.3 Å². The van der Waals surface area contributed by atoms with Crippen molar-refractivity contribution in [3.63, 3.8) is 0 Å². The highest BCUT2D eigenvalue weighted by Gasteiger charge is 2.03. The number of hydrogen-bond acceptors (Lipinski definition) is 4. The van der Waals surface area contributed by atoms with E-state index in [0.717, 1.165) is 27.0 Å². The summed E-state index contributed by atoms with van der Waals surface area (Å²) < 4.78 is 0. The Morgan fingerprint density at radius 1 is 1.27 bits per heavy atom. The van der Waals surface area contributed by atoms with Gasteiger partial charge in [0.2, 0.25) is 0 Å². The van der Waals surface area contributed by atoms with Crippen LogP contribution in [0.1, 0.15) is 15.6 Å². The molecule has 0 atom stereocenters. The van der Waals surface area contributed by atoms with Gasteiger partial charge in [0.25, 0.3) is 0 Å². The van der Waals surface area contributed by atoms with Crippen LogP contribution in [-0.4, -0.2) is 10.2 Å². The number of halogens is 1. The summed E-state index contributed by atoms with van der Waals surface area (Å²) in [6, 6.07) is 7.75. The van der Waals surface area contributed by atoms with Gasteiger partial charge in [-0.3, -0.25) is 0 Å². The Kier molecular flexibility index (Phi) is 3.30. The minimum atomic E-state index is 0.452. The molecule has 0 saturated carbocycles. The smallest absolute Gasteiger partial charge is 0.131 e. The second-order valence-corrected chi connectivity index (χ2v) is 4.68. The zero-order valence-electron chi connectivity index (χ0n) is 7.98. The molecule has 0 radical (unpaired) electrons. The van der Waals surface area contributed by atoms with E-state index >= 15 is 0 Å². The Morgan fingerprint density at radius 2 is 2.07 bits per heavy atom. The summed E-state index contributed by atoms with van der Waals surface area (Å²) in [7, 11) is 0. The Labute approximate surface area is 96.9 Å². The fourth-order valence-corrected chi connectivity index (χ4v) is 2.23. The molecule has 78 valence electrons. The minimum absolute atomic E-state index is 0.452. The molecule has 15 heavy (non-hydrogen) atoms. The Hall–Kier alpha value is -0.970. The van der Waals surface area contributed by atoms with Crippen LogP contribution in [0.3, 0.4) is 0 Å². The Morgan fingerprint density at radius 3 is 2.73 bits per heavy atom. The third-order valence-electron chi connectivity index (χ3n) is 1.93. The summed E-state index contributed by atoms with van der Waals surface area (Å²) >= 11 is 7.43. The first kappa shape index (κ1) is 10.5. The lowest BCUT2D eigenvalue weighted by atomic mass is 10.2. The maximum atomic E-state index is 5.89. The van der Waals surface area contributed by atoms with Crippen molar-refractivity contribution in [3.05, 3.63) is 44.9 Å². The highest BCUT2D eigenvalue weighted by molar-refractivity contribution is 7.11. The topological polar surface area (TPSA) is 51.8 Å². The predicted octanol–water partition coefficient (Wildman–Crippen LogP) is 2.24. The molecule has 0 aliphatic rings. The third kappa shape index (κ3) is 2.75. The zero-order chi connectivity index (χ0) is 10.7. The molecule has 0 bridgehead atoms. The normalized spacial score (nSPS) is 10.5. The molecule has 3 nitrogen and oxygen atoms in total. The van der Waals surface area contributed by atoms with Crippen molar-refractivity contribution in [1.29, 1.82) is 0 Å². The summed E-state index contributed by atoms with van der Waals surface area (Å²) in [5.74, 6) is 0.